The van der Waals surface area contributed by atoms with Crippen molar-refractivity contribution in [3.05, 3.63) is 24.1 Å². The number of nitrogens with one attached hydrogen (secondary N) is 1. The third-order valence-electron chi connectivity index (χ3n) is 2.87. The summed E-state index contributed by atoms with van der Waals surface area (Å²) >= 11 is 0. The number of carbonyl (C=O) groups excluding carboxylic acids is 2. The molecule has 2 aromatic rings. The third kappa shape index (κ3) is 2.27. The Bertz CT molecular complexity index is 648. The number of benzene rings is 1. The molecule has 7 nitrogen and oxygen atoms in total. The van der Waals surface area contributed by atoms with Crippen LogP contribution in [0.2, 0.25) is 0 Å². The van der Waals surface area contributed by atoms with Crippen LogP contribution in [0.4, 0.5) is 5.69 Å². The number of oxazole rings is 1. The second kappa shape index (κ2) is 4.36. The first kappa shape index (κ1) is 11.7. The number of rotatable bonds is 2. The third-order valence-corrected chi connectivity index (χ3v) is 2.87. The van der Waals surface area contributed by atoms with E-state index >= 15 is 0 Å². The average Bonchev–Trinajstić information content (AvgIpc) is 2.71. The zero-order valence-corrected chi connectivity index (χ0v) is 10.0. The molecule has 1 aliphatic heterocycles. The fraction of sp³-hybridized carbons (Fsp3) is 0.250. The number of hydrogen-bond acceptors (Lipinski definition) is 6. The van der Waals surface area contributed by atoms with E-state index in [0.717, 1.165) is 0 Å². The molecule has 1 aromatic heterocycles. The van der Waals surface area contributed by atoms with Gasteiger partial charge in [0.1, 0.15) is 5.52 Å². The minimum absolute atomic E-state index is 0.153. The predicted octanol–water partition coefficient (Wildman–Crippen LogP) is -0.132. The first-order chi connectivity index (χ1) is 9.11. The highest BCUT2D eigenvalue weighted by molar-refractivity contribution is 5.99. The van der Waals surface area contributed by atoms with Crippen LogP contribution in [0.1, 0.15) is 5.89 Å². The summed E-state index contributed by atoms with van der Waals surface area (Å²) in [6.45, 7) is 0.604. The highest BCUT2D eigenvalue weighted by atomic mass is 16.3. The lowest BCUT2D eigenvalue weighted by atomic mass is 10.3. The van der Waals surface area contributed by atoms with Crippen molar-refractivity contribution in [3.63, 3.8) is 0 Å². The van der Waals surface area contributed by atoms with E-state index in [-0.39, 0.29) is 24.9 Å². The first-order valence-electron chi connectivity index (χ1n) is 5.81. The molecule has 0 bridgehead atoms. The van der Waals surface area contributed by atoms with E-state index in [1.165, 1.54) is 0 Å². The van der Waals surface area contributed by atoms with E-state index in [4.69, 9.17) is 10.2 Å². The van der Waals surface area contributed by atoms with Crippen LogP contribution in [0.15, 0.2) is 22.6 Å². The number of anilines is 1. The van der Waals surface area contributed by atoms with Gasteiger partial charge in [0.15, 0.2) is 5.58 Å². The van der Waals surface area contributed by atoms with Gasteiger partial charge in [-0.05, 0) is 12.1 Å². The molecule has 0 spiro atoms. The van der Waals surface area contributed by atoms with Gasteiger partial charge in [-0.3, -0.25) is 19.8 Å². The summed E-state index contributed by atoms with van der Waals surface area (Å²) in [5.41, 5.74) is 7.54. The van der Waals surface area contributed by atoms with Gasteiger partial charge in [0.2, 0.25) is 17.7 Å². The maximum atomic E-state index is 11.3. The van der Waals surface area contributed by atoms with Crippen LogP contribution in [-0.4, -0.2) is 34.8 Å². The highest BCUT2D eigenvalue weighted by Crippen LogP contribution is 2.21. The van der Waals surface area contributed by atoms with Crippen molar-refractivity contribution >= 4 is 28.6 Å². The molecular formula is C12H12N4O3. The molecule has 2 amide bonds. The molecule has 0 unspecified atom stereocenters. The smallest absolute Gasteiger partial charge is 0.240 e. The van der Waals surface area contributed by atoms with Crippen LogP contribution in [0.3, 0.4) is 0 Å². The minimum atomic E-state index is -0.313. The van der Waals surface area contributed by atoms with Gasteiger partial charge in [-0.25, -0.2) is 4.98 Å². The van der Waals surface area contributed by atoms with Gasteiger partial charge in [0, 0.05) is 0 Å². The number of carbonyl (C=O) groups is 2. The standard InChI is InChI=1S/C12H12N4O3/c13-7-2-1-3-8-12(7)15-11(19-8)6-16-4-9(17)14-10(18)5-16/h1-3H,4-6,13H2,(H,14,17,18). The quantitative estimate of drug-likeness (QED) is 0.576. The molecule has 3 rings (SSSR count). The van der Waals surface area contributed by atoms with E-state index in [1.807, 2.05) is 0 Å². The Morgan fingerprint density at radius 1 is 1.32 bits per heavy atom. The van der Waals surface area contributed by atoms with Crippen molar-refractivity contribution in [1.29, 1.82) is 0 Å². The molecule has 1 aromatic carbocycles. The Balaban J connectivity index is 1.83. The van der Waals surface area contributed by atoms with Gasteiger partial charge < -0.3 is 10.2 Å². The summed E-state index contributed by atoms with van der Waals surface area (Å²) in [6.07, 6.45) is 0. The van der Waals surface area contributed by atoms with Crippen LogP contribution in [-0.2, 0) is 16.1 Å². The Kier molecular flexibility index (Phi) is 2.68. The van der Waals surface area contributed by atoms with Gasteiger partial charge >= 0.3 is 0 Å². The summed E-state index contributed by atoms with van der Waals surface area (Å²) in [7, 11) is 0. The number of para-hydroxylation sites is 1. The first-order valence-corrected chi connectivity index (χ1v) is 5.81. The largest absolute Gasteiger partial charge is 0.439 e. The summed E-state index contributed by atoms with van der Waals surface area (Å²) < 4.78 is 5.55. The molecule has 98 valence electrons. The second-order valence-electron chi connectivity index (χ2n) is 4.42. The lowest BCUT2D eigenvalue weighted by molar-refractivity contribution is -0.136. The maximum Gasteiger partial charge on any atom is 0.240 e. The monoisotopic (exact) mass is 260 g/mol. The van der Waals surface area contributed by atoms with Crippen LogP contribution in [0.5, 0.6) is 0 Å². The molecular weight excluding hydrogens is 248 g/mol. The summed E-state index contributed by atoms with van der Waals surface area (Å²) in [5, 5.41) is 2.24. The number of aromatic nitrogens is 1. The van der Waals surface area contributed by atoms with Crippen molar-refractivity contribution < 1.29 is 14.0 Å². The lowest BCUT2D eigenvalue weighted by Gasteiger charge is -2.23. The number of nitrogens with zero attached hydrogens (tertiary/aromatic N) is 2. The number of imide groups is 1. The summed E-state index contributed by atoms with van der Waals surface area (Å²) in [4.78, 5) is 28.5. The van der Waals surface area contributed by atoms with Gasteiger partial charge in [0.25, 0.3) is 0 Å². The molecule has 0 radical (unpaired) electrons. The molecule has 1 aliphatic rings. The van der Waals surface area contributed by atoms with Crippen molar-refractivity contribution in [3.8, 4) is 0 Å². The van der Waals surface area contributed by atoms with Crippen LogP contribution >= 0.6 is 0 Å². The van der Waals surface area contributed by atoms with Gasteiger partial charge in [-0.1, -0.05) is 6.07 Å². The fourth-order valence-corrected chi connectivity index (χ4v) is 2.08. The van der Waals surface area contributed by atoms with E-state index in [9.17, 15) is 9.59 Å². The summed E-state index contributed by atoms with van der Waals surface area (Å²) in [6, 6.07) is 5.30. The highest BCUT2D eigenvalue weighted by Gasteiger charge is 2.23. The van der Waals surface area contributed by atoms with Crippen molar-refractivity contribution in [1.82, 2.24) is 15.2 Å². The number of nitrogen functional groups attached to an aromatic ring is 1. The van der Waals surface area contributed by atoms with Gasteiger partial charge in [0.05, 0.1) is 25.3 Å². The van der Waals surface area contributed by atoms with Crippen LogP contribution in [0.25, 0.3) is 11.1 Å². The number of hydrogen-bond donors (Lipinski definition) is 2. The minimum Gasteiger partial charge on any atom is -0.439 e. The zero-order chi connectivity index (χ0) is 13.4. The number of piperazine rings is 1. The molecule has 1 fully saturated rings. The Morgan fingerprint density at radius 2 is 2.05 bits per heavy atom. The normalized spacial score (nSPS) is 16.8. The fourth-order valence-electron chi connectivity index (χ4n) is 2.08. The predicted molar refractivity (Wildman–Crippen MR) is 66.8 cm³/mol. The van der Waals surface area contributed by atoms with E-state index in [2.05, 4.69) is 10.3 Å². The molecule has 0 atom stereocenters. The molecule has 0 aliphatic carbocycles. The SMILES string of the molecule is Nc1cccc2oc(CN3CC(=O)NC(=O)C3)nc12. The molecule has 1 saturated heterocycles. The van der Waals surface area contributed by atoms with Crippen molar-refractivity contribution in [2.75, 3.05) is 18.8 Å². The van der Waals surface area contributed by atoms with Crippen molar-refractivity contribution in [2.24, 2.45) is 0 Å². The van der Waals surface area contributed by atoms with Gasteiger partial charge in [-0.2, -0.15) is 0 Å². The average molecular weight is 260 g/mol. The Morgan fingerprint density at radius 3 is 2.74 bits per heavy atom. The molecule has 19 heavy (non-hydrogen) atoms. The molecule has 0 saturated carbocycles. The van der Waals surface area contributed by atoms with E-state index in [1.54, 1.807) is 23.1 Å². The van der Waals surface area contributed by atoms with Crippen molar-refractivity contribution in [2.45, 2.75) is 6.54 Å². The Labute approximate surface area is 108 Å². The Hall–Kier alpha value is -2.41. The zero-order valence-electron chi connectivity index (χ0n) is 10.0. The second-order valence-corrected chi connectivity index (χ2v) is 4.42. The topological polar surface area (TPSA) is 101 Å². The summed E-state index contributed by atoms with van der Waals surface area (Å²) in [5.74, 6) is -0.186. The number of fused-ring (bicyclic) bond motifs is 1. The maximum absolute atomic E-state index is 11.3. The number of amides is 2. The molecule has 2 heterocycles. The van der Waals surface area contributed by atoms with E-state index < -0.39 is 0 Å². The number of nitrogens with two attached hydrogens (primary N) is 1. The lowest BCUT2D eigenvalue weighted by Crippen LogP contribution is -2.50. The molecule has 7 heteroatoms. The molecule has 3 N–H and O–H groups in total. The van der Waals surface area contributed by atoms with Crippen LogP contribution in [0, 0.1) is 0 Å². The van der Waals surface area contributed by atoms with E-state index in [0.29, 0.717) is 29.2 Å². The van der Waals surface area contributed by atoms with Gasteiger partial charge in [-0.15, -0.1) is 0 Å². The van der Waals surface area contributed by atoms with Crippen LogP contribution < -0.4 is 11.1 Å².